The fraction of sp³-hybridized carbons (Fsp3) is 0.259. The molecule has 4 aromatic rings. The van der Waals surface area contributed by atoms with Crippen molar-refractivity contribution in [2.75, 3.05) is 7.05 Å². The van der Waals surface area contributed by atoms with E-state index in [-0.39, 0.29) is 22.9 Å². The summed E-state index contributed by atoms with van der Waals surface area (Å²) in [6, 6.07) is 17.2. The molecule has 0 spiro atoms. The van der Waals surface area contributed by atoms with Crippen LogP contribution >= 0.6 is 11.3 Å². The van der Waals surface area contributed by atoms with Crippen LogP contribution in [-0.2, 0) is 19.4 Å². The Bertz CT molecular complexity index is 1300. The molecular formula is C27H28N4O2S. The molecule has 34 heavy (non-hydrogen) atoms. The van der Waals surface area contributed by atoms with Gasteiger partial charge in [-0.2, -0.15) is 0 Å². The van der Waals surface area contributed by atoms with Gasteiger partial charge in [0.05, 0.1) is 18.3 Å². The molecule has 7 heteroatoms. The Hall–Kier alpha value is -3.58. The van der Waals surface area contributed by atoms with Crippen LogP contribution in [0.1, 0.15) is 51.0 Å². The summed E-state index contributed by atoms with van der Waals surface area (Å²) in [6.07, 6.45) is 4.77. The number of rotatable bonds is 8. The number of hydrogen-bond donors (Lipinski definition) is 0. The van der Waals surface area contributed by atoms with Crippen LogP contribution in [0, 0.1) is 6.92 Å². The Balaban J connectivity index is 1.77. The van der Waals surface area contributed by atoms with Gasteiger partial charge in [-0.1, -0.05) is 36.4 Å². The smallest absolute Gasteiger partial charge is 0.259 e. The van der Waals surface area contributed by atoms with Gasteiger partial charge in [-0.05, 0) is 44.4 Å². The lowest BCUT2D eigenvalue weighted by atomic mass is 10.0. The number of pyridine rings is 2. The van der Waals surface area contributed by atoms with Crippen molar-refractivity contribution in [1.82, 2.24) is 19.4 Å². The van der Waals surface area contributed by atoms with Gasteiger partial charge >= 0.3 is 0 Å². The first-order valence-electron chi connectivity index (χ1n) is 11.3. The van der Waals surface area contributed by atoms with Gasteiger partial charge in [-0.3, -0.25) is 14.6 Å². The summed E-state index contributed by atoms with van der Waals surface area (Å²) in [4.78, 5) is 37.4. The van der Waals surface area contributed by atoms with Gasteiger partial charge in [0.2, 0.25) is 0 Å². The average molecular weight is 473 g/mol. The summed E-state index contributed by atoms with van der Waals surface area (Å²) in [5.74, 6) is -0.287. The van der Waals surface area contributed by atoms with Crippen molar-refractivity contribution in [3.05, 3.63) is 116 Å². The largest absolute Gasteiger partial charge is 0.342 e. The number of amides is 1. The number of carbonyl (C=O) groups excluding carboxylic acids is 1. The van der Waals surface area contributed by atoms with E-state index < -0.39 is 0 Å². The van der Waals surface area contributed by atoms with Crippen LogP contribution in [0.4, 0.5) is 0 Å². The first-order chi connectivity index (χ1) is 16.5. The molecule has 0 aliphatic rings. The van der Waals surface area contributed by atoms with Crippen LogP contribution in [-0.4, -0.2) is 32.4 Å². The average Bonchev–Trinajstić information content (AvgIpc) is 3.39. The van der Waals surface area contributed by atoms with E-state index >= 15 is 0 Å². The van der Waals surface area contributed by atoms with Gasteiger partial charge < -0.3 is 9.47 Å². The summed E-state index contributed by atoms with van der Waals surface area (Å²) in [5.41, 5.74) is 3.56. The van der Waals surface area contributed by atoms with Crippen molar-refractivity contribution in [3.63, 3.8) is 0 Å². The molecule has 0 radical (unpaired) electrons. The van der Waals surface area contributed by atoms with Gasteiger partial charge in [0.15, 0.2) is 5.43 Å². The lowest BCUT2D eigenvalue weighted by molar-refractivity contribution is 0.0738. The number of nitrogens with zero attached hydrogens (tertiary/aromatic N) is 4. The molecule has 4 rings (SSSR count). The number of benzene rings is 1. The summed E-state index contributed by atoms with van der Waals surface area (Å²) >= 11 is 1.50. The van der Waals surface area contributed by atoms with Crippen molar-refractivity contribution in [2.24, 2.45) is 0 Å². The molecule has 3 heterocycles. The van der Waals surface area contributed by atoms with E-state index in [9.17, 15) is 9.59 Å². The van der Waals surface area contributed by atoms with E-state index in [1.807, 2.05) is 55.6 Å². The lowest BCUT2D eigenvalue weighted by Crippen LogP contribution is -2.36. The Morgan fingerprint density at radius 2 is 1.82 bits per heavy atom. The van der Waals surface area contributed by atoms with Crippen LogP contribution < -0.4 is 5.43 Å². The Morgan fingerprint density at radius 3 is 2.50 bits per heavy atom. The topological polar surface area (TPSA) is 68.1 Å². The molecule has 0 bridgehead atoms. The third-order valence-electron chi connectivity index (χ3n) is 6.09. The highest BCUT2D eigenvalue weighted by Gasteiger charge is 2.27. The minimum absolute atomic E-state index is 0.225. The Kier molecular flexibility index (Phi) is 7.33. The fourth-order valence-electron chi connectivity index (χ4n) is 4.06. The van der Waals surface area contributed by atoms with Crippen LogP contribution in [0.3, 0.4) is 0 Å². The third kappa shape index (κ3) is 5.15. The molecule has 1 aromatic carbocycles. The SMILES string of the molecule is Cc1cc(=O)c(C(=O)N(C)[C@@H](C)c2nccs2)c(CCc2ccccc2)n1Cc1ccccn1. The maximum Gasteiger partial charge on any atom is 0.259 e. The minimum Gasteiger partial charge on any atom is -0.342 e. The first kappa shape index (κ1) is 23.6. The van der Waals surface area contributed by atoms with Crippen molar-refractivity contribution < 1.29 is 4.79 Å². The van der Waals surface area contributed by atoms with Gasteiger partial charge in [-0.15, -0.1) is 11.3 Å². The highest BCUT2D eigenvalue weighted by Crippen LogP contribution is 2.24. The zero-order valence-corrected chi connectivity index (χ0v) is 20.5. The second-order valence-corrected chi connectivity index (χ2v) is 9.25. The van der Waals surface area contributed by atoms with E-state index in [4.69, 9.17) is 0 Å². The highest BCUT2D eigenvalue weighted by molar-refractivity contribution is 7.09. The van der Waals surface area contributed by atoms with Crippen LogP contribution in [0.5, 0.6) is 0 Å². The molecule has 0 aliphatic carbocycles. The summed E-state index contributed by atoms with van der Waals surface area (Å²) in [5, 5.41) is 2.73. The maximum atomic E-state index is 13.7. The molecule has 174 valence electrons. The molecule has 0 N–H and O–H groups in total. The standard InChI is InChI=1S/C27H28N4O2S/c1-19-17-24(32)25(27(33)30(3)20(2)26-29-15-16-34-26)23(13-12-21-9-5-4-6-10-21)31(19)18-22-11-7-8-14-28-22/h4-11,14-17,20H,12-13,18H2,1-3H3/t20-/m0/s1. The number of hydrogen-bond acceptors (Lipinski definition) is 5. The van der Waals surface area contributed by atoms with E-state index in [1.54, 1.807) is 30.4 Å². The zero-order chi connectivity index (χ0) is 24.1. The number of carbonyl (C=O) groups is 1. The quantitative estimate of drug-likeness (QED) is 0.374. The monoisotopic (exact) mass is 472 g/mol. The van der Waals surface area contributed by atoms with Crippen molar-refractivity contribution in [1.29, 1.82) is 0 Å². The molecule has 0 saturated carbocycles. The van der Waals surface area contributed by atoms with Crippen molar-refractivity contribution in [3.8, 4) is 0 Å². The van der Waals surface area contributed by atoms with E-state index in [1.165, 1.54) is 11.3 Å². The molecule has 0 unspecified atom stereocenters. The summed E-state index contributed by atoms with van der Waals surface area (Å²) in [7, 11) is 1.73. The van der Waals surface area contributed by atoms with E-state index in [0.717, 1.165) is 34.1 Å². The molecule has 6 nitrogen and oxygen atoms in total. The molecule has 0 fully saturated rings. The number of aromatic nitrogens is 3. The molecule has 1 atom stereocenters. The fourth-order valence-corrected chi connectivity index (χ4v) is 4.80. The lowest BCUT2D eigenvalue weighted by Gasteiger charge is -2.26. The molecule has 3 aromatic heterocycles. The third-order valence-corrected chi connectivity index (χ3v) is 7.04. The number of thiazole rings is 1. The number of aryl methyl sites for hydroxylation is 2. The second-order valence-electron chi connectivity index (χ2n) is 8.33. The predicted molar refractivity (Wildman–Crippen MR) is 135 cm³/mol. The van der Waals surface area contributed by atoms with Gasteiger partial charge in [0.25, 0.3) is 5.91 Å². The van der Waals surface area contributed by atoms with Gasteiger partial charge in [-0.25, -0.2) is 4.98 Å². The van der Waals surface area contributed by atoms with Gasteiger partial charge in [0.1, 0.15) is 10.6 Å². The zero-order valence-electron chi connectivity index (χ0n) is 19.6. The molecular weight excluding hydrogens is 444 g/mol. The Morgan fingerprint density at radius 1 is 1.06 bits per heavy atom. The van der Waals surface area contributed by atoms with Crippen molar-refractivity contribution in [2.45, 2.75) is 39.3 Å². The van der Waals surface area contributed by atoms with Crippen LogP contribution in [0.2, 0.25) is 0 Å². The van der Waals surface area contributed by atoms with Crippen molar-refractivity contribution >= 4 is 17.2 Å². The highest BCUT2D eigenvalue weighted by atomic mass is 32.1. The second kappa shape index (κ2) is 10.6. The molecule has 1 amide bonds. The van der Waals surface area contributed by atoms with Gasteiger partial charge in [0, 0.05) is 42.3 Å². The molecule has 0 saturated heterocycles. The maximum absolute atomic E-state index is 13.7. The van der Waals surface area contributed by atoms with Crippen LogP contribution in [0.25, 0.3) is 0 Å². The minimum atomic E-state index is -0.287. The van der Waals surface area contributed by atoms with E-state index in [0.29, 0.717) is 13.0 Å². The normalized spacial score (nSPS) is 11.9. The summed E-state index contributed by atoms with van der Waals surface area (Å²) in [6.45, 7) is 4.33. The predicted octanol–water partition coefficient (Wildman–Crippen LogP) is 4.67. The van der Waals surface area contributed by atoms with E-state index in [2.05, 4.69) is 26.7 Å². The Labute approximate surface area is 203 Å². The summed E-state index contributed by atoms with van der Waals surface area (Å²) < 4.78 is 2.06. The first-order valence-corrected chi connectivity index (χ1v) is 12.2. The molecule has 0 aliphatic heterocycles. The van der Waals surface area contributed by atoms with Crippen LogP contribution in [0.15, 0.2) is 77.2 Å².